The summed E-state index contributed by atoms with van der Waals surface area (Å²) in [5, 5.41) is 3.05. The van der Waals surface area contributed by atoms with Crippen LogP contribution < -0.4 is 5.32 Å². The van der Waals surface area contributed by atoms with E-state index in [2.05, 4.69) is 10.3 Å². The fourth-order valence-electron chi connectivity index (χ4n) is 3.54. The van der Waals surface area contributed by atoms with Gasteiger partial charge in [-0.25, -0.2) is 4.98 Å². The van der Waals surface area contributed by atoms with Crippen LogP contribution in [0.25, 0.3) is 0 Å². The van der Waals surface area contributed by atoms with Gasteiger partial charge in [0.25, 0.3) is 5.91 Å². The Kier molecular flexibility index (Phi) is 4.23. The van der Waals surface area contributed by atoms with Gasteiger partial charge in [-0.15, -0.1) is 0 Å². The second-order valence-corrected chi connectivity index (χ2v) is 7.65. The fourth-order valence-corrected chi connectivity index (χ4v) is 3.54. The summed E-state index contributed by atoms with van der Waals surface area (Å²) < 4.78 is 16.9. The number of ether oxygens (including phenoxy) is 2. The summed E-state index contributed by atoms with van der Waals surface area (Å²) in [6.45, 7) is 9.53. The molecule has 3 heterocycles. The molecule has 23 heavy (non-hydrogen) atoms. The van der Waals surface area contributed by atoms with Crippen molar-refractivity contribution in [3.8, 4) is 0 Å². The number of rotatable bonds is 3. The number of carbonyl (C=O) groups excluding carboxylic acids is 1. The van der Waals surface area contributed by atoms with Gasteiger partial charge in [0.2, 0.25) is 0 Å². The molecule has 2 fully saturated rings. The summed E-state index contributed by atoms with van der Waals surface area (Å²) in [6, 6.07) is -0.0479. The van der Waals surface area contributed by atoms with Gasteiger partial charge in [-0.3, -0.25) is 4.79 Å². The van der Waals surface area contributed by atoms with E-state index in [0.29, 0.717) is 11.6 Å². The van der Waals surface area contributed by atoms with Gasteiger partial charge in [0.15, 0.2) is 11.6 Å². The average molecular weight is 322 g/mol. The zero-order valence-corrected chi connectivity index (χ0v) is 14.3. The molecule has 0 spiro atoms. The van der Waals surface area contributed by atoms with Crippen LogP contribution in [0.4, 0.5) is 0 Å². The molecule has 1 aromatic rings. The Balaban J connectivity index is 1.66. The van der Waals surface area contributed by atoms with Crippen LogP contribution in [0.2, 0.25) is 0 Å². The minimum atomic E-state index is -0.396. The van der Waals surface area contributed by atoms with Crippen LogP contribution in [-0.4, -0.2) is 41.3 Å². The standard InChI is InChI=1S/C17H26N2O4/c1-16(2)9-13(17(3,4)23-16)19-14(20)12-10-22-15(18-12)11-5-7-21-8-6-11/h10-11,13H,5-9H2,1-4H3,(H,19,20). The van der Waals surface area contributed by atoms with Gasteiger partial charge in [-0.05, 0) is 47.0 Å². The maximum Gasteiger partial charge on any atom is 0.273 e. The van der Waals surface area contributed by atoms with E-state index in [1.807, 2.05) is 27.7 Å². The summed E-state index contributed by atoms with van der Waals surface area (Å²) >= 11 is 0. The molecule has 6 heteroatoms. The van der Waals surface area contributed by atoms with Crippen molar-refractivity contribution in [1.29, 1.82) is 0 Å². The predicted molar refractivity (Wildman–Crippen MR) is 84.4 cm³/mol. The van der Waals surface area contributed by atoms with E-state index < -0.39 is 5.60 Å². The van der Waals surface area contributed by atoms with E-state index in [1.54, 1.807) is 0 Å². The summed E-state index contributed by atoms with van der Waals surface area (Å²) in [5.41, 5.74) is -0.294. The molecule has 2 aliphatic heterocycles. The predicted octanol–water partition coefficient (Wildman–Crippen LogP) is 2.64. The molecule has 1 atom stereocenters. The molecule has 0 radical (unpaired) electrons. The van der Waals surface area contributed by atoms with Crippen LogP contribution >= 0.6 is 0 Å². The third kappa shape index (κ3) is 3.58. The Morgan fingerprint density at radius 3 is 2.57 bits per heavy atom. The van der Waals surface area contributed by atoms with Gasteiger partial charge in [-0.1, -0.05) is 0 Å². The fraction of sp³-hybridized carbons (Fsp3) is 0.765. The molecule has 6 nitrogen and oxygen atoms in total. The minimum absolute atomic E-state index is 0.0479. The van der Waals surface area contributed by atoms with Gasteiger partial charge in [-0.2, -0.15) is 0 Å². The average Bonchev–Trinajstić information content (AvgIpc) is 3.02. The van der Waals surface area contributed by atoms with Crippen molar-refractivity contribution in [3.05, 3.63) is 17.8 Å². The minimum Gasteiger partial charge on any atom is -0.448 e. The van der Waals surface area contributed by atoms with E-state index in [-0.39, 0.29) is 23.5 Å². The highest BCUT2D eigenvalue weighted by Gasteiger charge is 2.46. The van der Waals surface area contributed by atoms with Gasteiger partial charge in [0, 0.05) is 19.1 Å². The lowest BCUT2D eigenvalue weighted by atomic mass is 9.94. The van der Waals surface area contributed by atoms with Crippen molar-refractivity contribution in [2.45, 2.75) is 70.1 Å². The lowest BCUT2D eigenvalue weighted by Gasteiger charge is -2.27. The zero-order chi connectivity index (χ0) is 16.7. The number of hydrogen-bond donors (Lipinski definition) is 1. The van der Waals surface area contributed by atoms with Crippen molar-refractivity contribution in [2.24, 2.45) is 0 Å². The molecule has 0 bridgehead atoms. The third-order valence-corrected chi connectivity index (χ3v) is 4.70. The largest absolute Gasteiger partial charge is 0.448 e. The molecule has 128 valence electrons. The second kappa shape index (κ2) is 5.91. The summed E-state index contributed by atoms with van der Waals surface area (Å²) in [4.78, 5) is 16.9. The first-order chi connectivity index (χ1) is 10.8. The molecule has 2 aliphatic rings. The summed E-state index contributed by atoms with van der Waals surface area (Å²) in [5.74, 6) is 0.683. The number of nitrogens with one attached hydrogen (secondary N) is 1. The third-order valence-electron chi connectivity index (χ3n) is 4.70. The molecular formula is C17H26N2O4. The molecule has 0 saturated carbocycles. The maximum atomic E-state index is 12.5. The van der Waals surface area contributed by atoms with Gasteiger partial charge < -0.3 is 19.2 Å². The Labute approximate surface area is 136 Å². The van der Waals surface area contributed by atoms with Crippen molar-refractivity contribution in [2.75, 3.05) is 13.2 Å². The molecule has 1 aromatic heterocycles. The second-order valence-electron chi connectivity index (χ2n) is 7.65. The van der Waals surface area contributed by atoms with Crippen LogP contribution in [0.3, 0.4) is 0 Å². The normalized spacial score (nSPS) is 27.0. The van der Waals surface area contributed by atoms with Crippen LogP contribution in [-0.2, 0) is 9.47 Å². The Bertz CT molecular complexity index is 573. The molecular weight excluding hydrogens is 296 g/mol. The zero-order valence-electron chi connectivity index (χ0n) is 14.3. The van der Waals surface area contributed by atoms with Gasteiger partial charge >= 0.3 is 0 Å². The molecule has 1 unspecified atom stereocenters. The number of oxazole rings is 1. The van der Waals surface area contributed by atoms with Crippen molar-refractivity contribution >= 4 is 5.91 Å². The first-order valence-corrected chi connectivity index (χ1v) is 8.31. The number of aromatic nitrogens is 1. The van der Waals surface area contributed by atoms with Crippen LogP contribution in [0.1, 0.15) is 69.3 Å². The quantitative estimate of drug-likeness (QED) is 0.926. The van der Waals surface area contributed by atoms with Crippen LogP contribution in [0.5, 0.6) is 0 Å². The topological polar surface area (TPSA) is 73.6 Å². The van der Waals surface area contributed by atoms with Crippen LogP contribution in [0, 0.1) is 0 Å². The van der Waals surface area contributed by atoms with Gasteiger partial charge in [0.1, 0.15) is 6.26 Å². The molecule has 2 saturated heterocycles. The van der Waals surface area contributed by atoms with E-state index in [1.165, 1.54) is 6.26 Å². The molecule has 1 amide bonds. The number of hydrogen-bond acceptors (Lipinski definition) is 5. The molecule has 1 N–H and O–H groups in total. The summed E-state index contributed by atoms with van der Waals surface area (Å²) in [6.07, 6.45) is 4.00. The SMILES string of the molecule is CC1(C)CC(NC(=O)c2coc(C3CCOCC3)n2)C(C)(C)O1. The lowest BCUT2D eigenvalue weighted by Crippen LogP contribution is -2.46. The van der Waals surface area contributed by atoms with E-state index in [9.17, 15) is 4.79 Å². The van der Waals surface area contributed by atoms with E-state index in [4.69, 9.17) is 13.9 Å². The smallest absolute Gasteiger partial charge is 0.273 e. The van der Waals surface area contributed by atoms with Gasteiger partial charge in [0.05, 0.1) is 17.2 Å². The lowest BCUT2D eigenvalue weighted by molar-refractivity contribution is -0.0693. The number of amides is 1. The highest BCUT2D eigenvalue weighted by atomic mass is 16.5. The van der Waals surface area contributed by atoms with Crippen LogP contribution in [0.15, 0.2) is 10.7 Å². The van der Waals surface area contributed by atoms with E-state index in [0.717, 1.165) is 32.5 Å². The highest BCUT2D eigenvalue weighted by molar-refractivity contribution is 5.92. The summed E-state index contributed by atoms with van der Waals surface area (Å²) in [7, 11) is 0. The molecule has 0 aliphatic carbocycles. The number of nitrogens with zero attached hydrogens (tertiary/aromatic N) is 1. The Hall–Kier alpha value is -1.40. The van der Waals surface area contributed by atoms with E-state index >= 15 is 0 Å². The van der Waals surface area contributed by atoms with Crippen molar-refractivity contribution in [3.63, 3.8) is 0 Å². The highest BCUT2D eigenvalue weighted by Crippen LogP contribution is 2.37. The Morgan fingerprint density at radius 1 is 1.26 bits per heavy atom. The first kappa shape index (κ1) is 16.5. The van der Waals surface area contributed by atoms with Crippen molar-refractivity contribution in [1.82, 2.24) is 10.3 Å². The Morgan fingerprint density at radius 2 is 1.96 bits per heavy atom. The first-order valence-electron chi connectivity index (χ1n) is 8.31. The monoisotopic (exact) mass is 322 g/mol. The maximum absolute atomic E-state index is 12.5. The number of carbonyl (C=O) groups is 1. The molecule has 3 rings (SSSR count). The van der Waals surface area contributed by atoms with Crippen molar-refractivity contribution < 1.29 is 18.7 Å². The molecule has 0 aromatic carbocycles.